The van der Waals surface area contributed by atoms with Crippen molar-refractivity contribution in [2.75, 3.05) is 19.8 Å². The fourth-order valence-corrected chi connectivity index (χ4v) is 1.33. The van der Waals surface area contributed by atoms with Gasteiger partial charge in [0.15, 0.2) is 6.10 Å². The zero-order chi connectivity index (χ0) is 14.8. The van der Waals surface area contributed by atoms with Crippen molar-refractivity contribution >= 4 is 11.9 Å². The summed E-state index contributed by atoms with van der Waals surface area (Å²) >= 11 is 0. The van der Waals surface area contributed by atoms with Crippen LogP contribution in [0.3, 0.4) is 0 Å². The minimum absolute atomic E-state index is 0.000797. The maximum atomic E-state index is 11.6. The van der Waals surface area contributed by atoms with Crippen molar-refractivity contribution in [2.24, 2.45) is 0 Å². The second-order valence-electron chi connectivity index (χ2n) is 3.93. The minimum Gasteiger partial charge on any atom is -0.460 e. The number of rotatable bonds is 8. The van der Waals surface area contributed by atoms with E-state index in [9.17, 15) is 9.59 Å². The van der Waals surface area contributed by atoms with E-state index in [0.29, 0.717) is 5.56 Å². The lowest BCUT2D eigenvalue weighted by Crippen LogP contribution is -2.25. The normalized spacial score (nSPS) is 11.4. The van der Waals surface area contributed by atoms with E-state index in [4.69, 9.17) is 14.2 Å². The summed E-state index contributed by atoms with van der Waals surface area (Å²) in [7, 11) is 0. The highest BCUT2D eigenvalue weighted by atomic mass is 16.6. The first-order chi connectivity index (χ1) is 9.65. The number of carbonyl (C=O) groups excluding carboxylic acids is 2. The Hall–Kier alpha value is -2.14. The lowest BCUT2D eigenvalue weighted by atomic mass is 10.2. The molecule has 0 amide bonds. The summed E-state index contributed by atoms with van der Waals surface area (Å²) in [6.07, 6.45) is 0.878. The zero-order valence-corrected chi connectivity index (χ0v) is 11.4. The summed E-state index contributed by atoms with van der Waals surface area (Å²) in [4.78, 5) is 23.0. The molecule has 0 aromatic heterocycles. The highest BCUT2D eigenvalue weighted by molar-refractivity contribution is 5.89. The smallest absolute Gasteiger partial charge is 0.338 e. The molecule has 5 nitrogen and oxygen atoms in total. The van der Waals surface area contributed by atoms with Gasteiger partial charge in [0.2, 0.25) is 0 Å². The number of ether oxygens (including phenoxy) is 3. The van der Waals surface area contributed by atoms with Crippen LogP contribution in [0.5, 0.6) is 0 Å². The maximum absolute atomic E-state index is 11.6. The molecule has 1 aromatic carbocycles. The fourth-order valence-electron chi connectivity index (χ4n) is 1.33. The molecule has 0 radical (unpaired) electrons. The zero-order valence-electron chi connectivity index (χ0n) is 11.4. The van der Waals surface area contributed by atoms with E-state index in [1.165, 1.54) is 0 Å². The minimum atomic E-state index is -0.669. The van der Waals surface area contributed by atoms with E-state index in [2.05, 4.69) is 6.58 Å². The van der Waals surface area contributed by atoms with Gasteiger partial charge < -0.3 is 14.2 Å². The van der Waals surface area contributed by atoms with Gasteiger partial charge in [0.1, 0.15) is 13.2 Å². The highest BCUT2D eigenvalue weighted by Crippen LogP contribution is 2.01. The second kappa shape index (κ2) is 8.87. The number of hydrogen-bond acceptors (Lipinski definition) is 5. The lowest BCUT2D eigenvalue weighted by Gasteiger charge is -2.11. The van der Waals surface area contributed by atoms with Crippen molar-refractivity contribution < 1.29 is 23.8 Å². The van der Waals surface area contributed by atoms with Gasteiger partial charge in [-0.25, -0.2) is 9.59 Å². The van der Waals surface area contributed by atoms with Gasteiger partial charge in [0, 0.05) is 0 Å². The Morgan fingerprint density at radius 1 is 1.20 bits per heavy atom. The van der Waals surface area contributed by atoms with Crippen LogP contribution in [-0.2, 0) is 19.0 Å². The van der Waals surface area contributed by atoms with Crippen LogP contribution in [0.25, 0.3) is 0 Å². The van der Waals surface area contributed by atoms with Crippen LogP contribution < -0.4 is 0 Å². The monoisotopic (exact) mass is 278 g/mol. The van der Waals surface area contributed by atoms with Gasteiger partial charge in [0.25, 0.3) is 0 Å². The summed E-state index contributed by atoms with van der Waals surface area (Å²) < 4.78 is 15.0. The fraction of sp³-hybridized carbons (Fsp3) is 0.333. The molecule has 0 spiro atoms. The van der Waals surface area contributed by atoms with Crippen molar-refractivity contribution in [3.63, 3.8) is 0 Å². The number of esters is 2. The number of benzene rings is 1. The molecule has 0 aliphatic carbocycles. The Morgan fingerprint density at radius 2 is 1.85 bits per heavy atom. The first kappa shape index (κ1) is 15.9. The van der Waals surface area contributed by atoms with E-state index in [0.717, 1.165) is 0 Å². The molecule has 1 aromatic rings. The van der Waals surface area contributed by atoms with Crippen LogP contribution in [0.2, 0.25) is 0 Å². The average molecular weight is 278 g/mol. The van der Waals surface area contributed by atoms with Crippen molar-refractivity contribution in [3.05, 3.63) is 48.6 Å². The van der Waals surface area contributed by atoms with Crippen LogP contribution in [0.4, 0.5) is 0 Å². The molecule has 0 bridgehead atoms. The molecule has 0 aliphatic rings. The van der Waals surface area contributed by atoms with E-state index in [1.54, 1.807) is 37.3 Å². The summed E-state index contributed by atoms with van der Waals surface area (Å²) in [5.41, 5.74) is 0.460. The van der Waals surface area contributed by atoms with E-state index in [1.807, 2.05) is 6.07 Å². The predicted molar refractivity (Wildman–Crippen MR) is 73.3 cm³/mol. The lowest BCUT2D eigenvalue weighted by molar-refractivity contribution is -0.156. The Balaban J connectivity index is 2.20. The second-order valence-corrected chi connectivity index (χ2v) is 3.93. The predicted octanol–water partition coefficient (Wildman–Crippen LogP) is 1.98. The van der Waals surface area contributed by atoms with Gasteiger partial charge in [-0.05, 0) is 19.1 Å². The third kappa shape index (κ3) is 5.67. The molecule has 20 heavy (non-hydrogen) atoms. The molecule has 0 N–H and O–H groups in total. The molecular formula is C15H18O5. The molecule has 108 valence electrons. The third-order valence-corrected chi connectivity index (χ3v) is 2.37. The molecule has 1 unspecified atom stereocenters. The molecular weight excluding hydrogens is 260 g/mol. The van der Waals surface area contributed by atoms with Crippen LogP contribution in [0, 0.1) is 0 Å². The van der Waals surface area contributed by atoms with Crippen LogP contribution in [0.1, 0.15) is 17.3 Å². The standard InChI is InChI=1S/C15H18O5/c1-3-9-18-12(2)14(16)19-10-11-20-15(17)13-7-5-4-6-8-13/h3-8,12H,1,9-11H2,2H3. The van der Waals surface area contributed by atoms with E-state index in [-0.39, 0.29) is 19.8 Å². The molecule has 0 aliphatic heterocycles. The molecule has 0 saturated heterocycles. The van der Waals surface area contributed by atoms with E-state index >= 15 is 0 Å². The van der Waals surface area contributed by atoms with Gasteiger partial charge in [-0.3, -0.25) is 0 Å². The number of hydrogen-bond donors (Lipinski definition) is 0. The highest BCUT2D eigenvalue weighted by Gasteiger charge is 2.14. The number of carbonyl (C=O) groups is 2. The molecule has 0 fully saturated rings. The molecule has 5 heteroatoms. The Kier molecular flexibility index (Phi) is 7.06. The summed E-state index contributed by atoms with van der Waals surface area (Å²) in [5, 5.41) is 0. The van der Waals surface area contributed by atoms with Gasteiger partial charge in [0.05, 0.1) is 12.2 Å². The molecule has 0 saturated carbocycles. The average Bonchev–Trinajstić information content (AvgIpc) is 2.49. The van der Waals surface area contributed by atoms with E-state index < -0.39 is 18.0 Å². The van der Waals surface area contributed by atoms with Gasteiger partial charge in [-0.15, -0.1) is 6.58 Å². The maximum Gasteiger partial charge on any atom is 0.338 e. The first-order valence-electron chi connectivity index (χ1n) is 6.26. The topological polar surface area (TPSA) is 61.8 Å². The molecule has 0 heterocycles. The Labute approximate surface area is 118 Å². The largest absolute Gasteiger partial charge is 0.460 e. The van der Waals surface area contributed by atoms with Gasteiger partial charge in [-0.2, -0.15) is 0 Å². The summed E-state index contributed by atoms with van der Waals surface area (Å²) in [5.74, 6) is -0.944. The Morgan fingerprint density at radius 3 is 2.50 bits per heavy atom. The van der Waals surface area contributed by atoms with Crippen molar-refractivity contribution in [3.8, 4) is 0 Å². The van der Waals surface area contributed by atoms with Crippen molar-refractivity contribution in [1.82, 2.24) is 0 Å². The summed E-state index contributed by atoms with van der Waals surface area (Å²) in [6, 6.07) is 8.60. The van der Waals surface area contributed by atoms with Crippen LogP contribution in [0.15, 0.2) is 43.0 Å². The van der Waals surface area contributed by atoms with Crippen LogP contribution >= 0.6 is 0 Å². The first-order valence-corrected chi connectivity index (χ1v) is 6.26. The summed E-state index contributed by atoms with van der Waals surface area (Å²) in [6.45, 7) is 5.35. The van der Waals surface area contributed by atoms with Crippen LogP contribution in [-0.4, -0.2) is 37.9 Å². The quantitative estimate of drug-likeness (QED) is 0.413. The SMILES string of the molecule is C=CCOC(C)C(=O)OCCOC(=O)c1ccccc1. The third-order valence-electron chi connectivity index (χ3n) is 2.37. The molecule has 1 atom stereocenters. The van der Waals surface area contributed by atoms with Gasteiger partial charge in [-0.1, -0.05) is 24.3 Å². The van der Waals surface area contributed by atoms with Crippen molar-refractivity contribution in [1.29, 1.82) is 0 Å². The van der Waals surface area contributed by atoms with Crippen molar-refractivity contribution in [2.45, 2.75) is 13.0 Å². The van der Waals surface area contributed by atoms with Gasteiger partial charge >= 0.3 is 11.9 Å². The Bertz CT molecular complexity index is 441. The molecule has 1 rings (SSSR count).